The molecule has 35 heavy (non-hydrogen) atoms. The van der Waals surface area contributed by atoms with Crippen LogP contribution in [0.15, 0.2) is 69.0 Å². The third-order valence-corrected chi connectivity index (χ3v) is 6.34. The number of halogens is 3. The second-order valence-electron chi connectivity index (χ2n) is 8.05. The molecular formula is C26H22BrCl2N3O3. The maximum atomic E-state index is 13.3. The summed E-state index contributed by atoms with van der Waals surface area (Å²) in [6, 6.07) is 16.2. The Morgan fingerprint density at radius 3 is 2.63 bits per heavy atom. The number of nitrogens with zero attached hydrogens (tertiary/aromatic N) is 3. The zero-order valence-electron chi connectivity index (χ0n) is 19.3. The molecule has 0 atom stereocenters. The molecule has 0 saturated carbocycles. The summed E-state index contributed by atoms with van der Waals surface area (Å²) in [5.74, 6) is 1.35. The number of rotatable bonds is 7. The fourth-order valence-corrected chi connectivity index (χ4v) is 4.30. The summed E-state index contributed by atoms with van der Waals surface area (Å²) >= 11 is 16.0. The molecule has 0 unspecified atom stereocenters. The van der Waals surface area contributed by atoms with E-state index >= 15 is 0 Å². The van der Waals surface area contributed by atoms with E-state index in [-0.39, 0.29) is 18.1 Å². The van der Waals surface area contributed by atoms with Gasteiger partial charge in [-0.25, -0.2) is 4.98 Å². The van der Waals surface area contributed by atoms with Gasteiger partial charge in [0.05, 0.1) is 24.2 Å². The highest BCUT2D eigenvalue weighted by Crippen LogP contribution is 2.35. The molecule has 180 valence electrons. The molecule has 0 aliphatic carbocycles. The number of hydrogen-bond donors (Lipinski definition) is 0. The van der Waals surface area contributed by atoms with Crippen molar-refractivity contribution < 1.29 is 9.47 Å². The van der Waals surface area contributed by atoms with E-state index in [1.54, 1.807) is 24.3 Å². The molecule has 0 saturated heterocycles. The summed E-state index contributed by atoms with van der Waals surface area (Å²) in [4.78, 5) is 18.0. The van der Waals surface area contributed by atoms with Crippen molar-refractivity contribution in [3.63, 3.8) is 0 Å². The van der Waals surface area contributed by atoms with Crippen LogP contribution >= 0.6 is 39.1 Å². The smallest absolute Gasteiger partial charge is 0.282 e. The minimum Gasteiger partial charge on any atom is -0.493 e. The molecule has 4 aromatic rings. The molecule has 0 amide bonds. The third kappa shape index (κ3) is 5.53. The van der Waals surface area contributed by atoms with Crippen LogP contribution < -0.4 is 15.0 Å². The monoisotopic (exact) mass is 573 g/mol. The largest absolute Gasteiger partial charge is 0.493 e. The predicted molar refractivity (Wildman–Crippen MR) is 145 cm³/mol. The van der Waals surface area contributed by atoms with Crippen LogP contribution in [0.1, 0.15) is 36.7 Å². The van der Waals surface area contributed by atoms with E-state index in [0.29, 0.717) is 43.8 Å². The van der Waals surface area contributed by atoms with Crippen molar-refractivity contribution in [1.29, 1.82) is 0 Å². The highest BCUT2D eigenvalue weighted by atomic mass is 79.9. The lowest BCUT2D eigenvalue weighted by atomic mass is 10.2. The average Bonchev–Trinajstić information content (AvgIpc) is 2.83. The Morgan fingerprint density at radius 2 is 1.91 bits per heavy atom. The van der Waals surface area contributed by atoms with E-state index in [1.165, 1.54) is 18.0 Å². The van der Waals surface area contributed by atoms with E-state index in [0.717, 1.165) is 10.0 Å². The predicted octanol–water partition coefficient (Wildman–Crippen LogP) is 7.06. The molecule has 1 heterocycles. The molecule has 3 aromatic carbocycles. The lowest BCUT2D eigenvalue weighted by Crippen LogP contribution is -2.23. The van der Waals surface area contributed by atoms with Crippen molar-refractivity contribution in [1.82, 2.24) is 9.66 Å². The second kappa shape index (κ2) is 10.8. The van der Waals surface area contributed by atoms with Crippen molar-refractivity contribution in [2.24, 2.45) is 5.10 Å². The van der Waals surface area contributed by atoms with Gasteiger partial charge in [-0.05, 0) is 30.3 Å². The number of benzene rings is 3. The minimum atomic E-state index is -0.274. The van der Waals surface area contributed by atoms with Gasteiger partial charge in [-0.1, -0.05) is 71.2 Å². The maximum absolute atomic E-state index is 13.3. The zero-order chi connectivity index (χ0) is 25.1. The molecule has 9 heteroatoms. The highest BCUT2D eigenvalue weighted by molar-refractivity contribution is 9.10. The Hall–Kier alpha value is -2.87. The number of fused-ring (bicyclic) bond motifs is 1. The average molecular weight is 575 g/mol. The van der Waals surface area contributed by atoms with Gasteiger partial charge in [0.2, 0.25) is 0 Å². The SMILES string of the molecule is COc1cc(Cl)cc(C=Nn2c(C(C)C)nc3ccc(Br)cc3c2=O)c1OCc1ccccc1Cl. The van der Waals surface area contributed by atoms with Crippen molar-refractivity contribution in [2.45, 2.75) is 26.4 Å². The summed E-state index contributed by atoms with van der Waals surface area (Å²) in [6.45, 7) is 4.12. The summed E-state index contributed by atoms with van der Waals surface area (Å²) < 4.78 is 13.7. The fraction of sp³-hybridized carbons (Fsp3) is 0.192. The van der Waals surface area contributed by atoms with Crippen molar-refractivity contribution in [3.8, 4) is 11.5 Å². The van der Waals surface area contributed by atoms with Gasteiger partial charge >= 0.3 is 0 Å². The molecule has 0 aliphatic rings. The normalized spacial score (nSPS) is 11.5. The van der Waals surface area contributed by atoms with Gasteiger partial charge in [-0.15, -0.1) is 0 Å². The van der Waals surface area contributed by atoms with Crippen LogP contribution in [0.4, 0.5) is 0 Å². The van der Waals surface area contributed by atoms with Crippen LogP contribution in [0.3, 0.4) is 0 Å². The first-order valence-corrected chi connectivity index (χ1v) is 12.3. The van der Waals surface area contributed by atoms with E-state index in [2.05, 4.69) is 26.0 Å². The van der Waals surface area contributed by atoms with E-state index in [1.807, 2.05) is 44.2 Å². The van der Waals surface area contributed by atoms with Gasteiger partial charge in [-0.3, -0.25) is 4.79 Å². The first kappa shape index (κ1) is 25.2. The first-order valence-electron chi connectivity index (χ1n) is 10.8. The fourth-order valence-electron chi connectivity index (χ4n) is 3.53. The molecule has 0 radical (unpaired) electrons. The van der Waals surface area contributed by atoms with E-state index in [4.69, 9.17) is 32.7 Å². The van der Waals surface area contributed by atoms with Gasteiger partial charge in [-0.2, -0.15) is 9.78 Å². The van der Waals surface area contributed by atoms with Gasteiger partial charge in [0, 0.05) is 37.6 Å². The number of methoxy groups -OCH3 is 1. The van der Waals surface area contributed by atoms with Crippen molar-refractivity contribution in [3.05, 3.63) is 96.4 Å². The maximum Gasteiger partial charge on any atom is 0.282 e. The standard InChI is InChI=1S/C26H22BrCl2N3O3/c1-15(2)25-31-22-9-8-18(27)11-20(22)26(33)32(25)30-13-17-10-19(28)12-23(34-3)24(17)35-14-16-6-4-5-7-21(16)29/h4-13,15H,14H2,1-3H3. The van der Waals surface area contributed by atoms with Gasteiger partial charge in [0.25, 0.3) is 5.56 Å². The topological polar surface area (TPSA) is 65.7 Å². The second-order valence-corrected chi connectivity index (χ2v) is 9.81. The lowest BCUT2D eigenvalue weighted by Gasteiger charge is -2.15. The number of ether oxygens (including phenoxy) is 2. The molecule has 1 aromatic heterocycles. The first-order chi connectivity index (χ1) is 16.8. The van der Waals surface area contributed by atoms with E-state index in [9.17, 15) is 4.79 Å². The molecule has 4 rings (SSSR count). The molecule has 0 aliphatic heterocycles. The highest BCUT2D eigenvalue weighted by Gasteiger charge is 2.16. The Morgan fingerprint density at radius 1 is 1.14 bits per heavy atom. The molecule has 0 N–H and O–H groups in total. The van der Waals surface area contributed by atoms with E-state index < -0.39 is 0 Å². The van der Waals surface area contributed by atoms with Crippen LogP contribution in [-0.4, -0.2) is 23.0 Å². The molecule has 6 nitrogen and oxygen atoms in total. The van der Waals surface area contributed by atoms with Crippen LogP contribution in [0.25, 0.3) is 10.9 Å². The van der Waals surface area contributed by atoms with Crippen LogP contribution in [0, 0.1) is 0 Å². The summed E-state index contributed by atoms with van der Waals surface area (Å²) in [7, 11) is 1.53. The molecule has 0 fully saturated rings. The Balaban J connectivity index is 1.80. The molecular weight excluding hydrogens is 553 g/mol. The summed E-state index contributed by atoms with van der Waals surface area (Å²) in [6.07, 6.45) is 1.52. The third-order valence-electron chi connectivity index (χ3n) is 5.26. The van der Waals surface area contributed by atoms with Crippen LogP contribution in [0.5, 0.6) is 11.5 Å². The van der Waals surface area contributed by atoms with Gasteiger partial charge in [0.1, 0.15) is 12.4 Å². The summed E-state index contributed by atoms with van der Waals surface area (Å²) in [5.41, 5.74) is 1.69. The van der Waals surface area contributed by atoms with Crippen molar-refractivity contribution >= 4 is 56.2 Å². The quantitative estimate of drug-likeness (QED) is 0.222. The van der Waals surface area contributed by atoms with Crippen LogP contribution in [0.2, 0.25) is 10.0 Å². The Kier molecular flexibility index (Phi) is 7.79. The Bertz CT molecular complexity index is 1490. The zero-order valence-corrected chi connectivity index (χ0v) is 22.4. The van der Waals surface area contributed by atoms with Crippen LogP contribution in [-0.2, 0) is 6.61 Å². The minimum absolute atomic E-state index is 0.0438. The Labute approximate surface area is 221 Å². The molecule has 0 spiro atoms. The van der Waals surface area contributed by atoms with Crippen molar-refractivity contribution in [2.75, 3.05) is 7.11 Å². The number of aromatic nitrogens is 2. The lowest BCUT2D eigenvalue weighted by molar-refractivity contribution is 0.284. The van der Waals surface area contributed by atoms with Gasteiger partial charge in [0.15, 0.2) is 11.5 Å². The summed E-state index contributed by atoms with van der Waals surface area (Å²) in [5, 5.41) is 6.00. The van der Waals surface area contributed by atoms with Gasteiger partial charge < -0.3 is 9.47 Å². The number of hydrogen-bond acceptors (Lipinski definition) is 5. The molecule has 0 bridgehead atoms.